The van der Waals surface area contributed by atoms with E-state index in [0.29, 0.717) is 12.1 Å². The minimum Gasteiger partial charge on any atom is -0.452 e. The summed E-state index contributed by atoms with van der Waals surface area (Å²) in [4.78, 5) is 34.9. The number of carbonyl (C=O) groups excluding carboxylic acids is 3. The molecule has 0 heterocycles. The molecule has 0 saturated heterocycles. The Hall–Kier alpha value is -3.15. The number of hydrogen-bond donors (Lipinski definition) is 2. The summed E-state index contributed by atoms with van der Waals surface area (Å²) in [6.45, 7) is 3.45. The Morgan fingerprint density at radius 2 is 1.64 bits per heavy atom. The van der Waals surface area contributed by atoms with Crippen LogP contribution in [-0.4, -0.2) is 30.4 Å². The van der Waals surface area contributed by atoms with E-state index < -0.39 is 5.97 Å². The quantitative estimate of drug-likeness (QED) is 0.653. The zero-order valence-electron chi connectivity index (χ0n) is 16.2. The molecule has 0 aliphatic carbocycles. The van der Waals surface area contributed by atoms with Gasteiger partial charge in [-0.05, 0) is 43.0 Å². The van der Waals surface area contributed by atoms with Gasteiger partial charge in [0.15, 0.2) is 6.61 Å². The summed E-state index contributed by atoms with van der Waals surface area (Å²) in [5.41, 5.74) is 2.45. The van der Waals surface area contributed by atoms with Crippen LogP contribution >= 0.6 is 0 Å². The monoisotopic (exact) mass is 382 g/mol. The standard InChI is InChI=1S/C22H26N2O4/c1-16(8-9-18-6-4-3-5-7-18)24-21(26)15-28-22(27)20-12-10-19(11-13-20)14-23-17(2)25/h3-7,10-13,16H,8-9,14-15H2,1-2H3,(H,23,25)(H,24,26). The lowest BCUT2D eigenvalue weighted by atomic mass is 10.1. The molecule has 0 aliphatic heterocycles. The highest BCUT2D eigenvalue weighted by Crippen LogP contribution is 2.07. The van der Waals surface area contributed by atoms with E-state index in [2.05, 4.69) is 22.8 Å². The van der Waals surface area contributed by atoms with Gasteiger partial charge in [-0.25, -0.2) is 4.79 Å². The number of benzene rings is 2. The highest BCUT2D eigenvalue weighted by atomic mass is 16.5. The molecule has 0 spiro atoms. The second kappa shape index (κ2) is 10.9. The largest absolute Gasteiger partial charge is 0.452 e. The molecular formula is C22H26N2O4. The third kappa shape index (κ3) is 7.61. The molecule has 0 aliphatic rings. The van der Waals surface area contributed by atoms with E-state index in [1.54, 1.807) is 24.3 Å². The summed E-state index contributed by atoms with van der Waals surface area (Å²) in [6, 6.07) is 16.7. The number of aryl methyl sites for hydroxylation is 1. The van der Waals surface area contributed by atoms with Crippen LogP contribution in [0.25, 0.3) is 0 Å². The van der Waals surface area contributed by atoms with Crippen molar-refractivity contribution in [3.63, 3.8) is 0 Å². The van der Waals surface area contributed by atoms with E-state index in [0.717, 1.165) is 18.4 Å². The van der Waals surface area contributed by atoms with Crippen LogP contribution in [0.3, 0.4) is 0 Å². The van der Waals surface area contributed by atoms with Gasteiger partial charge in [-0.3, -0.25) is 9.59 Å². The van der Waals surface area contributed by atoms with Crippen molar-refractivity contribution in [1.29, 1.82) is 0 Å². The lowest BCUT2D eigenvalue weighted by Gasteiger charge is -2.14. The average molecular weight is 382 g/mol. The van der Waals surface area contributed by atoms with Gasteiger partial charge in [0.2, 0.25) is 5.91 Å². The topological polar surface area (TPSA) is 84.5 Å². The fraction of sp³-hybridized carbons (Fsp3) is 0.318. The molecule has 0 saturated carbocycles. The zero-order chi connectivity index (χ0) is 20.4. The van der Waals surface area contributed by atoms with E-state index in [-0.39, 0.29) is 24.5 Å². The van der Waals surface area contributed by atoms with Gasteiger partial charge in [-0.1, -0.05) is 42.5 Å². The lowest BCUT2D eigenvalue weighted by molar-refractivity contribution is -0.124. The Bertz CT molecular complexity index is 788. The van der Waals surface area contributed by atoms with Gasteiger partial charge in [0.1, 0.15) is 0 Å². The van der Waals surface area contributed by atoms with Crippen LogP contribution in [0.15, 0.2) is 54.6 Å². The van der Waals surface area contributed by atoms with Crippen molar-refractivity contribution in [2.24, 2.45) is 0 Å². The zero-order valence-corrected chi connectivity index (χ0v) is 16.2. The fourth-order valence-corrected chi connectivity index (χ4v) is 2.62. The van der Waals surface area contributed by atoms with E-state index in [1.807, 2.05) is 25.1 Å². The molecule has 2 amide bonds. The molecule has 0 radical (unpaired) electrons. The Morgan fingerprint density at radius 1 is 0.964 bits per heavy atom. The molecule has 1 atom stereocenters. The molecule has 0 aromatic heterocycles. The maximum atomic E-state index is 12.1. The van der Waals surface area contributed by atoms with Crippen LogP contribution in [0.1, 0.15) is 41.8 Å². The first-order valence-electron chi connectivity index (χ1n) is 9.28. The molecular weight excluding hydrogens is 356 g/mol. The van der Waals surface area contributed by atoms with Gasteiger partial charge in [-0.15, -0.1) is 0 Å². The Labute approximate surface area is 165 Å². The fourth-order valence-electron chi connectivity index (χ4n) is 2.62. The second-order valence-corrected chi connectivity index (χ2v) is 6.68. The summed E-state index contributed by atoms with van der Waals surface area (Å²) in [5.74, 6) is -0.998. The molecule has 6 nitrogen and oxygen atoms in total. The van der Waals surface area contributed by atoms with Crippen molar-refractivity contribution in [1.82, 2.24) is 10.6 Å². The molecule has 28 heavy (non-hydrogen) atoms. The highest BCUT2D eigenvalue weighted by Gasteiger charge is 2.12. The summed E-state index contributed by atoms with van der Waals surface area (Å²) >= 11 is 0. The summed E-state index contributed by atoms with van der Waals surface area (Å²) in [7, 11) is 0. The SMILES string of the molecule is CC(=O)NCc1ccc(C(=O)OCC(=O)NC(C)CCc2ccccc2)cc1. The number of rotatable bonds is 9. The third-order valence-corrected chi connectivity index (χ3v) is 4.18. The number of ether oxygens (including phenoxy) is 1. The Balaban J connectivity index is 1.71. The first-order valence-corrected chi connectivity index (χ1v) is 9.28. The van der Waals surface area contributed by atoms with Crippen LogP contribution in [0.5, 0.6) is 0 Å². The molecule has 2 rings (SSSR count). The van der Waals surface area contributed by atoms with Gasteiger partial charge < -0.3 is 15.4 Å². The first kappa shape index (κ1) is 21.2. The first-order chi connectivity index (χ1) is 13.4. The summed E-state index contributed by atoms with van der Waals surface area (Å²) < 4.78 is 5.07. The molecule has 6 heteroatoms. The van der Waals surface area contributed by atoms with Gasteiger partial charge in [0, 0.05) is 19.5 Å². The number of hydrogen-bond acceptors (Lipinski definition) is 4. The molecule has 2 N–H and O–H groups in total. The van der Waals surface area contributed by atoms with E-state index in [1.165, 1.54) is 12.5 Å². The van der Waals surface area contributed by atoms with Crippen molar-refractivity contribution < 1.29 is 19.1 Å². The molecule has 0 fully saturated rings. The van der Waals surface area contributed by atoms with Crippen molar-refractivity contribution in [3.8, 4) is 0 Å². The number of esters is 1. The molecule has 2 aromatic carbocycles. The van der Waals surface area contributed by atoms with E-state index in [9.17, 15) is 14.4 Å². The van der Waals surface area contributed by atoms with Crippen molar-refractivity contribution in [2.45, 2.75) is 39.3 Å². The minimum atomic E-state index is -0.557. The van der Waals surface area contributed by atoms with Gasteiger partial charge in [-0.2, -0.15) is 0 Å². The van der Waals surface area contributed by atoms with Crippen LogP contribution in [-0.2, 0) is 27.3 Å². The Morgan fingerprint density at radius 3 is 2.29 bits per heavy atom. The maximum absolute atomic E-state index is 12.1. The van der Waals surface area contributed by atoms with Gasteiger partial charge in [0.05, 0.1) is 5.56 Å². The van der Waals surface area contributed by atoms with Gasteiger partial charge in [0.25, 0.3) is 5.91 Å². The van der Waals surface area contributed by atoms with Crippen LogP contribution in [0.4, 0.5) is 0 Å². The Kier molecular flexibility index (Phi) is 8.21. The van der Waals surface area contributed by atoms with Crippen LogP contribution in [0, 0.1) is 0 Å². The summed E-state index contributed by atoms with van der Waals surface area (Å²) in [5, 5.41) is 5.52. The predicted molar refractivity (Wildman–Crippen MR) is 107 cm³/mol. The number of amides is 2. The number of carbonyl (C=O) groups is 3. The highest BCUT2D eigenvalue weighted by molar-refractivity contribution is 5.91. The second-order valence-electron chi connectivity index (χ2n) is 6.68. The van der Waals surface area contributed by atoms with Crippen molar-refractivity contribution in [3.05, 3.63) is 71.3 Å². The normalized spacial score (nSPS) is 11.4. The van der Waals surface area contributed by atoms with Crippen molar-refractivity contribution in [2.75, 3.05) is 6.61 Å². The maximum Gasteiger partial charge on any atom is 0.338 e. The van der Waals surface area contributed by atoms with Gasteiger partial charge >= 0.3 is 5.97 Å². The smallest absolute Gasteiger partial charge is 0.338 e. The van der Waals surface area contributed by atoms with E-state index >= 15 is 0 Å². The minimum absolute atomic E-state index is 0.0144. The lowest BCUT2D eigenvalue weighted by Crippen LogP contribution is -2.36. The molecule has 0 bridgehead atoms. The average Bonchev–Trinajstić information content (AvgIpc) is 2.70. The third-order valence-electron chi connectivity index (χ3n) is 4.18. The van der Waals surface area contributed by atoms with Crippen LogP contribution < -0.4 is 10.6 Å². The predicted octanol–water partition coefficient (Wildman–Crippen LogP) is 2.62. The van der Waals surface area contributed by atoms with E-state index in [4.69, 9.17) is 4.74 Å². The van der Waals surface area contributed by atoms with Crippen LogP contribution in [0.2, 0.25) is 0 Å². The molecule has 148 valence electrons. The molecule has 2 aromatic rings. The molecule has 1 unspecified atom stereocenters. The number of nitrogens with one attached hydrogen (secondary N) is 2. The summed E-state index contributed by atoms with van der Waals surface area (Å²) in [6.07, 6.45) is 1.67. The van der Waals surface area contributed by atoms with Crippen molar-refractivity contribution >= 4 is 17.8 Å².